The van der Waals surface area contributed by atoms with Gasteiger partial charge in [0, 0.05) is 18.6 Å². The zero-order chi connectivity index (χ0) is 15.2. The molecule has 2 fully saturated rings. The summed E-state index contributed by atoms with van der Waals surface area (Å²) in [6, 6.07) is 0.799. The molecule has 2 heterocycles. The number of hydrogen-bond donors (Lipinski definition) is 1. The number of nitrogens with one attached hydrogen (secondary N) is 1. The first-order valence-electron chi connectivity index (χ1n) is 8.86. The van der Waals surface area contributed by atoms with E-state index in [4.69, 9.17) is 0 Å². The lowest BCUT2D eigenvalue weighted by molar-refractivity contribution is -0.129. The van der Waals surface area contributed by atoms with Crippen LogP contribution < -0.4 is 5.32 Å². The zero-order valence-corrected chi connectivity index (χ0v) is 14.1. The number of hydrogen-bond acceptors (Lipinski definition) is 3. The van der Waals surface area contributed by atoms with E-state index in [1.54, 1.807) is 0 Å². The van der Waals surface area contributed by atoms with Crippen LogP contribution in [0.1, 0.15) is 59.3 Å². The lowest BCUT2D eigenvalue weighted by Gasteiger charge is -2.38. The Kier molecular flexibility index (Phi) is 6.49. The minimum absolute atomic E-state index is 0.0857. The molecule has 0 radical (unpaired) electrons. The summed E-state index contributed by atoms with van der Waals surface area (Å²) in [7, 11) is 0. The summed E-state index contributed by atoms with van der Waals surface area (Å²) in [6.07, 6.45) is 7.41. The highest BCUT2D eigenvalue weighted by Gasteiger charge is 2.30. The van der Waals surface area contributed by atoms with E-state index in [1.165, 1.54) is 45.2 Å². The average molecular weight is 295 g/mol. The van der Waals surface area contributed by atoms with E-state index in [1.807, 2.05) is 0 Å². The quantitative estimate of drug-likeness (QED) is 0.845. The Labute approximate surface area is 130 Å². The molecular formula is C17H33N3O. The molecule has 2 rings (SSSR count). The van der Waals surface area contributed by atoms with Crippen LogP contribution in [0.5, 0.6) is 0 Å². The Bertz CT molecular complexity index is 326. The van der Waals surface area contributed by atoms with Gasteiger partial charge in [0.1, 0.15) is 0 Å². The first-order chi connectivity index (χ1) is 10.1. The third-order valence-electron chi connectivity index (χ3n) is 4.88. The molecule has 21 heavy (non-hydrogen) atoms. The monoisotopic (exact) mass is 295 g/mol. The number of carbonyl (C=O) groups is 1. The summed E-state index contributed by atoms with van der Waals surface area (Å²) < 4.78 is 0. The molecule has 122 valence electrons. The van der Waals surface area contributed by atoms with Gasteiger partial charge in [-0.25, -0.2) is 0 Å². The van der Waals surface area contributed by atoms with Crippen molar-refractivity contribution in [3.63, 3.8) is 0 Å². The number of likely N-dealkylation sites (tertiary alicyclic amines) is 2. The molecule has 2 aliphatic heterocycles. The van der Waals surface area contributed by atoms with E-state index < -0.39 is 0 Å². The number of amides is 1. The number of carbonyl (C=O) groups excluding carboxylic acids is 1. The largest absolute Gasteiger partial charge is 0.351 e. The van der Waals surface area contributed by atoms with E-state index in [-0.39, 0.29) is 18.0 Å². The highest BCUT2D eigenvalue weighted by Crippen LogP contribution is 2.20. The van der Waals surface area contributed by atoms with E-state index in [2.05, 4.69) is 35.9 Å². The van der Waals surface area contributed by atoms with Gasteiger partial charge in [-0.1, -0.05) is 12.8 Å². The smallest absolute Gasteiger partial charge is 0.237 e. The molecule has 0 aromatic rings. The SMILES string of the molecule is CC(CN1CCCCC1)NC(=O)C1CCCCN1C(C)C. The third-order valence-corrected chi connectivity index (χ3v) is 4.88. The van der Waals surface area contributed by atoms with Crippen LogP contribution in [0.2, 0.25) is 0 Å². The molecule has 0 aliphatic carbocycles. The highest BCUT2D eigenvalue weighted by molar-refractivity contribution is 5.82. The van der Waals surface area contributed by atoms with Gasteiger partial charge in [0.05, 0.1) is 6.04 Å². The molecule has 1 N–H and O–H groups in total. The molecule has 0 saturated carbocycles. The molecule has 4 nitrogen and oxygen atoms in total. The van der Waals surface area contributed by atoms with Crippen molar-refractivity contribution in [1.82, 2.24) is 15.1 Å². The summed E-state index contributed by atoms with van der Waals surface area (Å²) in [5, 5.41) is 3.26. The molecule has 0 aromatic carbocycles. The normalized spacial score (nSPS) is 26.8. The summed E-state index contributed by atoms with van der Waals surface area (Å²) >= 11 is 0. The van der Waals surface area contributed by atoms with Crippen molar-refractivity contribution in [3.05, 3.63) is 0 Å². The Morgan fingerprint density at radius 3 is 2.38 bits per heavy atom. The van der Waals surface area contributed by atoms with Crippen LogP contribution in [0.25, 0.3) is 0 Å². The second-order valence-electron chi connectivity index (χ2n) is 7.11. The maximum absolute atomic E-state index is 12.6. The second-order valence-corrected chi connectivity index (χ2v) is 7.11. The van der Waals surface area contributed by atoms with E-state index >= 15 is 0 Å². The fourth-order valence-corrected chi connectivity index (χ4v) is 3.77. The van der Waals surface area contributed by atoms with E-state index in [9.17, 15) is 4.79 Å². The second kappa shape index (κ2) is 8.14. The lowest BCUT2D eigenvalue weighted by atomic mass is 9.99. The lowest BCUT2D eigenvalue weighted by Crippen LogP contribution is -2.55. The molecule has 0 bridgehead atoms. The third kappa shape index (κ3) is 4.96. The predicted molar refractivity (Wildman–Crippen MR) is 87.4 cm³/mol. The van der Waals surface area contributed by atoms with Crippen LogP contribution in [-0.2, 0) is 4.79 Å². The molecule has 0 aromatic heterocycles. The van der Waals surface area contributed by atoms with Crippen molar-refractivity contribution in [2.75, 3.05) is 26.2 Å². The van der Waals surface area contributed by atoms with Crippen molar-refractivity contribution >= 4 is 5.91 Å². The summed E-state index contributed by atoms with van der Waals surface area (Å²) in [5.74, 6) is 0.243. The van der Waals surface area contributed by atoms with Gasteiger partial charge in [0.2, 0.25) is 5.91 Å². The van der Waals surface area contributed by atoms with Crippen LogP contribution in [-0.4, -0.2) is 60.0 Å². The van der Waals surface area contributed by atoms with Crippen molar-refractivity contribution in [2.24, 2.45) is 0 Å². The standard InChI is InChI=1S/C17H33N3O/c1-14(2)20-12-8-5-9-16(20)17(21)18-15(3)13-19-10-6-4-7-11-19/h14-16H,4-13H2,1-3H3,(H,18,21). The molecule has 0 spiro atoms. The number of piperidine rings is 2. The van der Waals surface area contributed by atoms with Crippen LogP contribution in [0.15, 0.2) is 0 Å². The average Bonchev–Trinajstić information content (AvgIpc) is 2.48. The fourth-order valence-electron chi connectivity index (χ4n) is 3.77. The predicted octanol–water partition coefficient (Wildman–Crippen LogP) is 2.24. The van der Waals surface area contributed by atoms with Crippen LogP contribution >= 0.6 is 0 Å². The molecule has 2 aliphatic rings. The number of rotatable bonds is 5. The first-order valence-corrected chi connectivity index (χ1v) is 8.86. The zero-order valence-electron chi connectivity index (χ0n) is 14.1. The molecule has 2 unspecified atom stereocenters. The van der Waals surface area contributed by atoms with Crippen LogP contribution in [0, 0.1) is 0 Å². The minimum atomic E-state index is 0.0857. The van der Waals surface area contributed by atoms with Gasteiger partial charge >= 0.3 is 0 Å². The maximum atomic E-state index is 12.6. The van der Waals surface area contributed by atoms with Crippen molar-refractivity contribution in [2.45, 2.75) is 77.4 Å². The van der Waals surface area contributed by atoms with Gasteiger partial charge in [-0.3, -0.25) is 9.69 Å². The minimum Gasteiger partial charge on any atom is -0.351 e. The van der Waals surface area contributed by atoms with Gasteiger partial charge in [-0.15, -0.1) is 0 Å². The first kappa shape index (κ1) is 16.8. The molecule has 1 amide bonds. The maximum Gasteiger partial charge on any atom is 0.237 e. The van der Waals surface area contributed by atoms with Gasteiger partial charge in [-0.05, 0) is 66.1 Å². The molecule has 2 saturated heterocycles. The summed E-state index contributed by atoms with van der Waals surface area (Å²) in [6.45, 7) is 11.0. The topological polar surface area (TPSA) is 35.6 Å². The molecule has 4 heteroatoms. The Hall–Kier alpha value is -0.610. The molecule has 2 atom stereocenters. The van der Waals surface area contributed by atoms with Gasteiger partial charge < -0.3 is 10.2 Å². The van der Waals surface area contributed by atoms with Gasteiger partial charge in [-0.2, -0.15) is 0 Å². The van der Waals surface area contributed by atoms with E-state index in [0.29, 0.717) is 6.04 Å². The molecular weight excluding hydrogens is 262 g/mol. The van der Waals surface area contributed by atoms with Crippen molar-refractivity contribution in [1.29, 1.82) is 0 Å². The van der Waals surface area contributed by atoms with Crippen molar-refractivity contribution < 1.29 is 4.79 Å². The Balaban J connectivity index is 1.81. The van der Waals surface area contributed by atoms with Crippen LogP contribution in [0.3, 0.4) is 0 Å². The van der Waals surface area contributed by atoms with Crippen LogP contribution in [0.4, 0.5) is 0 Å². The number of nitrogens with zero attached hydrogens (tertiary/aromatic N) is 2. The summed E-state index contributed by atoms with van der Waals surface area (Å²) in [4.78, 5) is 17.5. The van der Waals surface area contributed by atoms with Gasteiger partial charge in [0.15, 0.2) is 0 Å². The van der Waals surface area contributed by atoms with Gasteiger partial charge in [0.25, 0.3) is 0 Å². The summed E-state index contributed by atoms with van der Waals surface area (Å²) in [5.41, 5.74) is 0. The Morgan fingerprint density at radius 1 is 1.05 bits per heavy atom. The van der Waals surface area contributed by atoms with Crippen molar-refractivity contribution in [3.8, 4) is 0 Å². The fraction of sp³-hybridized carbons (Fsp3) is 0.941. The van der Waals surface area contributed by atoms with E-state index in [0.717, 1.165) is 19.5 Å². The Morgan fingerprint density at radius 2 is 1.71 bits per heavy atom. The highest BCUT2D eigenvalue weighted by atomic mass is 16.2.